The largest absolute Gasteiger partial charge is 0.335 e. The minimum Gasteiger partial charge on any atom is -0.314 e. The lowest BCUT2D eigenvalue weighted by Gasteiger charge is -1.87. The van der Waals surface area contributed by atoms with Crippen LogP contribution in [-0.2, 0) is 6.42 Å². The van der Waals surface area contributed by atoms with E-state index in [0.29, 0.717) is 12.2 Å². The molecule has 0 aliphatic carbocycles. The summed E-state index contributed by atoms with van der Waals surface area (Å²) < 4.78 is 4.77. The van der Waals surface area contributed by atoms with Crippen molar-refractivity contribution in [1.82, 2.24) is 10.1 Å². The molecule has 0 radical (unpaired) electrons. The van der Waals surface area contributed by atoms with Crippen LogP contribution in [0, 0.1) is 0 Å². The summed E-state index contributed by atoms with van der Waals surface area (Å²) in [5.74, 6) is 5.73. The van der Waals surface area contributed by atoms with Gasteiger partial charge in [-0.3, -0.25) is 5.43 Å². The van der Waals surface area contributed by atoms with Crippen molar-refractivity contribution in [2.45, 2.75) is 6.42 Å². The van der Waals surface area contributed by atoms with Crippen molar-refractivity contribution in [2.24, 2.45) is 5.84 Å². The molecule has 13 heavy (non-hydrogen) atoms. The summed E-state index contributed by atoms with van der Waals surface area (Å²) in [6.45, 7) is 0. The zero-order chi connectivity index (χ0) is 9.10. The van der Waals surface area contributed by atoms with Crippen molar-refractivity contribution in [3.8, 4) is 0 Å². The number of hydrogen-bond acceptors (Lipinski definition) is 6. The molecule has 0 saturated heterocycles. The van der Waals surface area contributed by atoms with E-state index in [1.54, 1.807) is 11.3 Å². The van der Waals surface area contributed by atoms with Gasteiger partial charge in [0.15, 0.2) is 5.82 Å². The zero-order valence-electron chi connectivity index (χ0n) is 6.73. The predicted octanol–water partition coefficient (Wildman–Crippen LogP) is 1.01. The van der Waals surface area contributed by atoms with Crippen molar-refractivity contribution in [2.75, 3.05) is 5.43 Å². The second kappa shape index (κ2) is 3.55. The Morgan fingerprint density at radius 1 is 1.62 bits per heavy atom. The summed E-state index contributed by atoms with van der Waals surface area (Å²) in [5, 5.41) is 5.75. The fourth-order valence-electron chi connectivity index (χ4n) is 0.953. The Labute approximate surface area is 78.5 Å². The number of thiophene rings is 1. The van der Waals surface area contributed by atoms with Crippen LogP contribution in [0.2, 0.25) is 0 Å². The summed E-state index contributed by atoms with van der Waals surface area (Å²) in [6.07, 6.45) is 0.683. The van der Waals surface area contributed by atoms with Gasteiger partial charge >= 0.3 is 6.01 Å². The zero-order valence-corrected chi connectivity index (χ0v) is 7.54. The number of nitrogens with zero attached hydrogens (tertiary/aromatic N) is 2. The summed E-state index contributed by atoms with van der Waals surface area (Å²) in [7, 11) is 0. The maximum absolute atomic E-state index is 5.09. The molecule has 0 saturated carbocycles. The molecule has 0 atom stereocenters. The third kappa shape index (κ3) is 1.85. The highest BCUT2D eigenvalue weighted by atomic mass is 32.1. The minimum absolute atomic E-state index is 0.242. The van der Waals surface area contributed by atoms with Gasteiger partial charge in [-0.05, 0) is 11.4 Å². The van der Waals surface area contributed by atoms with Crippen LogP contribution in [0.3, 0.4) is 0 Å². The van der Waals surface area contributed by atoms with Crippen LogP contribution in [0.5, 0.6) is 0 Å². The molecule has 5 nitrogen and oxygen atoms in total. The first-order valence-electron chi connectivity index (χ1n) is 3.70. The van der Waals surface area contributed by atoms with Crippen LogP contribution in [0.25, 0.3) is 0 Å². The van der Waals surface area contributed by atoms with Crippen molar-refractivity contribution >= 4 is 17.4 Å². The van der Waals surface area contributed by atoms with Crippen molar-refractivity contribution in [1.29, 1.82) is 0 Å². The fourth-order valence-corrected chi connectivity index (χ4v) is 1.65. The van der Waals surface area contributed by atoms with E-state index in [1.807, 2.05) is 17.5 Å². The number of nitrogens with two attached hydrogens (primary N) is 1. The van der Waals surface area contributed by atoms with E-state index in [2.05, 4.69) is 15.6 Å². The van der Waals surface area contributed by atoms with Gasteiger partial charge in [-0.1, -0.05) is 11.2 Å². The third-order valence-electron chi connectivity index (χ3n) is 1.50. The molecule has 0 aliphatic heterocycles. The molecule has 0 unspecified atom stereocenters. The van der Waals surface area contributed by atoms with E-state index < -0.39 is 0 Å². The van der Waals surface area contributed by atoms with E-state index >= 15 is 0 Å². The molecule has 0 aliphatic rings. The minimum atomic E-state index is 0.242. The van der Waals surface area contributed by atoms with Crippen LogP contribution in [0.1, 0.15) is 10.7 Å². The SMILES string of the molecule is NNc1nc(Cc2cccs2)no1. The molecule has 0 spiro atoms. The molecule has 3 N–H and O–H groups in total. The Morgan fingerprint density at radius 3 is 3.15 bits per heavy atom. The number of anilines is 1. The Balaban J connectivity index is 2.10. The van der Waals surface area contributed by atoms with Crippen LogP contribution in [-0.4, -0.2) is 10.1 Å². The Hall–Kier alpha value is -1.40. The first-order valence-corrected chi connectivity index (χ1v) is 4.58. The molecule has 2 heterocycles. The highest BCUT2D eigenvalue weighted by Gasteiger charge is 2.05. The molecular weight excluding hydrogens is 188 g/mol. The van der Waals surface area contributed by atoms with Crippen LogP contribution < -0.4 is 11.3 Å². The number of nitrogen functional groups attached to an aromatic ring is 1. The van der Waals surface area contributed by atoms with Gasteiger partial charge in [-0.25, -0.2) is 5.84 Å². The molecule has 0 bridgehead atoms. The predicted molar refractivity (Wildman–Crippen MR) is 49.2 cm³/mol. The summed E-state index contributed by atoms with van der Waals surface area (Å²) in [5.41, 5.74) is 2.29. The molecule has 2 aromatic rings. The van der Waals surface area contributed by atoms with Gasteiger partial charge in [0, 0.05) is 11.3 Å². The maximum Gasteiger partial charge on any atom is 0.335 e. The number of aromatic nitrogens is 2. The van der Waals surface area contributed by atoms with Crippen molar-refractivity contribution < 1.29 is 4.52 Å². The van der Waals surface area contributed by atoms with Crippen molar-refractivity contribution in [3.05, 3.63) is 28.2 Å². The standard InChI is InChI=1S/C7H8N4OS/c8-10-7-9-6(11-12-7)4-5-2-1-3-13-5/h1-3H,4,8H2,(H,9,10,11). The van der Waals surface area contributed by atoms with E-state index in [1.165, 1.54) is 4.88 Å². The average molecular weight is 196 g/mol. The molecule has 2 aromatic heterocycles. The number of hydrogen-bond donors (Lipinski definition) is 2. The summed E-state index contributed by atoms with van der Waals surface area (Å²) in [6, 6.07) is 4.25. The van der Waals surface area contributed by atoms with Gasteiger partial charge in [0.1, 0.15) is 0 Å². The second-order valence-electron chi connectivity index (χ2n) is 2.42. The first kappa shape index (κ1) is 8.21. The van der Waals surface area contributed by atoms with Crippen LogP contribution >= 0.6 is 11.3 Å². The topological polar surface area (TPSA) is 77.0 Å². The lowest BCUT2D eigenvalue weighted by Crippen LogP contribution is -2.06. The normalized spacial score (nSPS) is 10.2. The fraction of sp³-hybridized carbons (Fsp3) is 0.143. The smallest absolute Gasteiger partial charge is 0.314 e. The van der Waals surface area contributed by atoms with Crippen LogP contribution in [0.15, 0.2) is 22.0 Å². The lowest BCUT2D eigenvalue weighted by atomic mass is 10.3. The quantitative estimate of drug-likeness (QED) is 0.566. The van der Waals surface area contributed by atoms with Gasteiger partial charge in [0.05, 0.1) is 0 Å². The first-order chi connectivity index (χ1) is 6.38. The van der Waals surface area contributed by atoms with Crippen LogP contribution in [0.4, 0.5) is 6.01 Å². The monoisotopic (exact) mass is 196 g/mol. The number of rotatable bonds is 3. The summed E-state index contributed by atoms with van der Waals surface area (Å²) in [4.78, 5) is 5.19. The Bertz CT molecular complexity index is 370. The molecule has 2 rings (SSSR count). The molecule has 0 fully saturated rings. The Kier molecular flexibility index (Phi) is 2.24. The molecule has 0 amide bonds. The van der Waals surface area contributed by atoms with Gasteiger partial charge in [-0.2, -0.15) is 4.98 Å². The van der Waals surface area contributed by atoms with E-state index in [9.17, 15) is 0 Å². The third-order valence-corrected chi connectivity index (χ3v) is 2.38. The van der Waals surface area contributed by atoms with Crippen molar-refractivity contribution in [3.63, 3.8) is 0 Å². The Morgan fingerprint density at radius 2 is 2.54 bits per heavy atom. The highest BCUT2D eigenvalue weighted by molar-refractivity contribution is 7.09. The van der Waals surface area contributed by atoms with Gasteiger partial charge in [-0.15, -0.1) is 11.3 Å². The van der Waals surface area contributed by atoms with E-state index in [0.717, 1.165) is 0 Å². The van der Waals surface area contributed by atoms with E-state index in [-0.39, 0.29) is 6.01 Å². The maximum atomic E-state index is 5.09. The lowest BCUT2D eigenvalue weighted by molar-refractivity contribution is 0.424. The van der Waals surface area contributed by atoms with Gasteiger partial charge < -0.3 is 4.52 Å². The highest BCUT2D eigenvalue weighted by Crippen LogP contribution is 2.13. The average Bonchev–Trinajstić information content (AvgIpc) is 2.76. The second-order valence-corrected chi connectivity index (χ2v) is 3.45. The molecule has 0 aromatic carbocycles. The summed E-state index contributed by atoms with van der Waals surface area (Å²) >= 11 is 1.66. The number of hydrazine groups is 1. The molecular formula is C7H8N4OS. The van der Waals surface area contributed by atoms with Gasteiger partial charge in [0.2, 0.25) is 0 Å². The number of nitrogens with one attached hydrogen (secondary N) is 1. The molecule has 68 valence electrons. The van der Waals surface area contributed by atoms with Gasteiger partial charge in [0.25, 0.3) is 0 Å². The van der Waals surface area contributed by atoms with E-state index in [4.69, 9.17) is 10.4 Å². The molecule has 6 heteroatoms.